The number of hydrogen-bond donors (Lipinski definition) is 0. The van der Waals surface area contributed by atoms with Gasteiger partial charge in [0.05, 0.1) is 18.1 Å². The Morgan fingerprint density at radius 1 is 1.21 bits per heavy atom. The first-order chi connectivity index (χ1) is 16.0. The Bertz CT molecular complexity index is 924. The zero-order valence-electron chi connectivity index (χ0n) is 19.6. The summed E-state index contributed by atoms with van der Waals surface area (Å²) in [5, 5.41) is 11.0. The third kappa shape index (κ3) is 7.84. The number of amides is 1. The fourth-order valence-electron chi connectivity index (χ4n) is 3.24. The molecule has 0 unspecified atom stereocenters. The Morgan fingerprint density at radius 3 is 2.56 bits per heavy atom. The summed E-state index contributed by atoms with van der Waals surface area (Å²) in [4.78, 5) is 48.2. The molecule has 1 aromatic carbocycles. The minimum absolute atomic E-state index is 0.00695. The maximum Gasteiger partial charge on any atom is 0.411 e. The molecule has 2 rings (SSSR count). The monoisotopic (exact) mass is 478 g/mol. The second-order valence-electron chi connectivity index (χ2n) is 8.46. The van der Waals surface area contributed by atoms with E-state index in [0.717, 1.165) is 6.08 Å². The number of carbonyl (C=O) groups is 3. The number of nitrogens with zero attached hydrogens (tertiary/aromatic N) is 2. The summed E-state index contributed by atoms with van der Waals surface area (Å²) >= 11 is 0. The van der Waals surface area contributed by atoms with Crippen LogP contribution < -0.4 is 4.74 Å². The Labute approximate surface area is 197 Å². The van der Waals surface area contributed by atoms with Crippen molar-refractivity contribution in [1.29, 1.82) is 0 Å². The van der Waals surface area contributed by atoms with Crippen molar-refractivity contribution in [3.63, 3.8) is 0 Å². The van der Waals surface area contributed by atoms with Gasteiger partial charge in [-0.3, -0.25) is 19.8 Å². The molecule has 186 valence electrons. The number of benzene rings is 1. The van der Waals surface area contributed by atoms with Crippen molar-refractivity contribution >= 4 is 23.5 Å². The van der Waals surface area contributed by atoms with Crippen LogP contribution in [0.2, 0.25) is 0 Å². The number of carbonyl (C=O) groups excluding carboxylic acids is 3. The summed E-state index contributed by atoms with van der Waals surface area (Å²) in [6.45, 7) is 9.46. The number of rotatable bonds is 11. The predicted molar refractivity (Wildman–Crippen MR) is 121 cm³/mol. The summed E-state index contributed by atoms with van der Waals surface area (Å²) in [6, 6.07) is 3.18. The normalized spacial score (nSPS) is 15.5. The lowest BCUT2D eigenvalue weighted by molar-refractivity contribution is -0.385. The number of likely N-dealkylation sites (tertiary alicyclic amines) is 1. The molecule has 0 aliphatic carbocycles. The van der Waals surface area contributed by atoms with Crippen molar-refractivity contribution in [2.45, 2.75) is 45.3 Å². The molecular formula is C23H30N2O9. The SMILES string of the molecule is C=CC(=O)c1cc(OCCOCCOC(=O)[C@@H]2CCCN2C(=O)OC(C)(C)C)ccc1[N+](=O)[O-]. The molecule has 1 heterocycles. The van der Waals surface area contributed by atoms with Crippen LogP contribution in [0.5, 0.6) is 5.75 Å². The van der Waals surface area contributed by atoms with E-state index < -0.39 is 34.4 Å². The van der Waals surface area contributed by atoms with Crippen LogP contribution >= 0.6 is 0 Å². The van der Waals surface area contributed by atoms with E-state index in [1.165, 1.54) is 23.1 Å². The van der Waals surface area contributed by atoms with Gasteiger partial charge in [0.2, 0.25) is 0 Å². The highest BCUT2D eigenvalue weighted by atomic mass is 16.6. The van der Waals surface area contributed by atoms with Gasteiger partial charge in [-0.25, -0.2) is 9.59 Å². The Hall–Kier alpha value is -3.47. The zero-order chi connectivity index (χ0) is 25.3. The van der Waals surface area contributed by atoms with Crippen LogP contribution in [-0.2, 0) is 19.0 Å². The second-order valence-corrected chi connectivity index (χ2v) is 8.46. The molecule has 0 spiro atoms. The van der Waals surface area contributed by atoms with E-state index in [4.69, 9.17) is 18.9 Å². The summed E-state index contributed by atoms with van der Waals surface area (Å²) in [7, 11) is 0. The summed E-state index contributed by atoms with van der Waals surface area (Å²) in [6.07, 6.45) is 1.66. The predicted octanol–water partition coefficient (Wildman–Crippen LogP) is 3.30. The third-order valence-corrected chi connectivity index (χ3v) is 4.74. The number of hydrogen-bond acceptors (Lipinski definition) is 9. The fraction of sp³-hybridized carbons (Fsp3) is 0.522. The molecule has 0 radical (unpaired) electrons. The number of ketones is 1. The Kier molecular flexibility index (Phi) is 9.55. The van der Waals surface area contributed by atoms with Crippen molar-refractivity contribution in [3.8, 4) is 5.75 Å². The van der Waals surface area contributed by atoms with Gasteiger partial charge in [0.1, 0.15) is 36.2 Å². The second kappa shape index (κ2) is 12.1. The van der Waals surface area contributed by atoms with Crippen LogP contribution in [0.4, 0.5) is 10.5 Å². The molecule has 1 saturated heterocycles. The van der Waals surface area contributed by atoms with E-state index in [2.05, 4.69) is 6.58 Å². The average molecular weight is 478 g/mol. The fourth-order valence-corrected chi connectivity index (χ4v) is 3.24. The summed E-state index contributed by atoms with van der Waals surface area (Å²) in [5.74, 6) is -0.814. The van der Waals surface area contributed by atoms with Crippen molar-refractivity contribution in [1.82, 2.24) is 4.90 Å². The minimum atomic E-state index is -0.673. The lowest BCUT2D eigenvalue weighted by Gasteiger charge is -2.27. The van der Waals surface area contributed by atoms with Crippen LogP contribution in [0, 0.1) is 10.1 Å². The van der Waals surface area contributed by atoms with Crippen molar-refractivity contribution < 1.29 is 38.3 Å². The first-order valence-corrected chi connectivity index (χ1v) is 10.9. The molecule has 11 heteroatoms. The van der Waals surface area contributed by atoms with Crippen LogP contribution in [0.3, 0.4) is 0 Å². The molecule has 0 saturated carbocycles. The highest BCUT2D eigenvalue weighted by Crippen LogP contribution is 2.25. The molecule has 1 aliphatic heterocycles. The van der Waals surface area contributed by atoms with Gasteiger partial charge < -0.3 is 18.9 Å². The van der Waals surface area contributed by atoms with E-state index in [-0.39, 0.29) is 43.4 Å². The molecule has 1 aliphatic rings. The van der Waals surface area contributed by atoms with E-state index in [1.54, 1.807) is 20.8 Å². The highest BCUT2D eigenvalue weighted by molar-refractivity contribution is 6.07. The van der Waals surface area contributed by atoms with E-state index in [0.29, 0.717) is 19.4 Å². The van der Waals surface area contributed by atoms with Gasteiger partial charge in [0.15, 0.2) is 5.78 Å². The largest absolute Gasteiger partial charge is 0.491 e. The lowest BCUT2D eigenvalue weighted by Crippen LogP contribution is -2.44. The van der Waals surface area contributed by atoms with Crippen LogP contribution in [0.1, 0.15) is 44.0 Å². The molecular weight excluding hydrogens is 448 g/mol. The van der Waals surface area contributed by atoms with Gasteiger partial charge in [-0.2, -0.15) is 0 Å². The first-order valence-electron chi connectivity index (χ1n) is 10.9. The smallest absolute Gasteiger partial charge is 0.411 e. The molecule has 1 fully saturated rings. The summed E-state index contributed by atoms with van der Waals surface area (Å²) in [5.41, 5.74) is -1.10. The third-order valence-electron chi connectivity index (χ3n) is 4.74. The zero-order valence-corrected chi connectivity index (χ0v) is 19.6. The van der Waals surface area contributed by atoms with Gasteiger partial charge >= 0.3 is 12.1 Å². The molecule has 0 N–H and O–H groups in total. The number of allylic oxidation sites excluding steroid dienone is 1. The number of esters is 1. The molecule has 0 bridgehead atoms. The molecule has 0 aromatic heterocycles. The van der Waals surface area contributed by atoms with Crippen LogP contribution in [0.15, 0.2) is 30.9 Å². The molecule has 1 aromatic rings. The van der Waals surface area contributed by atoms with E-state index in [9.17, 15) is 24.5 Å². The van der Waals surface area contributed by atoms with Gasteiger partial charge in [-0.05, 0) is 51.8 Å². The molecule has 1 atom stereocenters. The van der Waals surface area contributed by atoms with Crippen molar-refractivity contribution in [2.75, 3.05) is 33.0 Å². The van der Waals surface area contributed by atoms with Crippen molar-refractivity contribution in [3.05, 3.63) is 46.5 Å². The van der Waals surface area contributed by atoms with Crippen LogP contribution in [-0.4, -0.2) is 72.3 Å². The van der Waals surface area contributed by atoms with Crippen LogP contribution in [0.25, 0.3) is 0 Å². The number of nitro groups is 1. The summed E-state index contributed by atoms with van der Waals surface area (Å²) < 4.78 is 21.4. The van der Waals surface area contributed by atoms with Gasteiger partial charge in [-0.15, -0.1) is 0 Å². The Morgan fingerprint density at radius 2 is 1.91 bits per heavy atom. The maximum absolute atomic E-state index is 12.4. The maximum atomic E-state index is 12.4. The minimum Gasteiger partial charge on any atom is -0.491 e. The van der Waals surface area contributed by atoms with E-state index >= 15 is 0 Å². The number of ether oxygens (including phenoxy) is 4. The van der Waals surface area contributed by atoms with Gasteiger partial charge in [0.25, 0.3) is 5.69 Å². The molecule has 34 heavy (non-hydrogen) atoms. The Balaban J connectivity index is 1.71. The van der Waals surface area contributed by atoms with Gasteiger partial charge in [0, 0.05) is 12.6 Å². The van der Waals surface area contributed by atoms with Crippen molar-refractivity contribution in [2.24, 2.45) is 0 Å². The molecule has 11 nitrogen and oxygen atoms in total. The lowest BCUT2D eigenvalue weighted by atomic mass is 10.1. The standard InChI is InChI=1S/C23H30N2O9/c1-5-20(26)17-15-16(8-9-18(17)25(29)30)32-13-11-31-12-14-33-21(27)19-7-6-10-24(19)22(28)34-23(2,3)4/h5,8-9,15,19H,1,6-7,10-14H2,2-4H3/t19-/m0/s1. The highest BCUT2D eigenvalue weighted by Gasteiger charge is 2.37. The first kappa shape index (κ1) is 26.8. The van der Waals surface area contributed by atoms with E-state index in [1.807, 2.05) is 0 Å². The number of nitro benzene ring substituents is 1. The quantitative estimate of drug-likeness (QED) is 0.117. The average Bonchev–Trinajstić information content (AvgIpc) is 3.26. The molecule has 1 amide bonds. The van der Waals surface area contributed by atoms with Gasteiger partial charge in [-0.1, -0.05) is 6.58 Å². The topological polar surface area (TPSA) is 135 Å².